The van der Waals surface area contributed by atoms with Crippen LogP contribution in [0.4, 0.5) is 0 Å². The first-order chi connectivity index (χ1) is 11.5. The molecule has 1 aromatic heterocycles. The summed E-state index contributed by atoms with van der Waals surface area (Å²) in [6.07, 6.45) is 1.63. The number of phenols is 1. The zero-order valence-electron chi connectivity index (χ0n) is 13.4. The number of amides is 1. The van der Waals surface area contributed by atoms with Crippen molar-refractivity contribution in [2.75, 3.05) is 6.54 Å². The largest absolute Gasteiger partial charge is 0.508 e. The monoisotopic (exact) mass is 343 g/mol. The normalized spacial score (nSPS) is 12.6. The minimum absolute atomic E-state index is 0.0728. The van der Waals surface area contributed by atoms with Crippen molar-refractivity contribution in [3.8, 4) is 11.8 Å². The van der Waals surface area contributed by atoms with Crippen LogP contribution in [0.1, 0.15) is 19.4 Å². The van der Waals surface area contributed by atoms with Gasteiger partial charge in [-0.05, 0) is 37.6 Å². The molecule has 0 saturated carbocycles. The van der Waals surface area contributed by atoms with Gasteiger partial charge in [0, 0.05) is 13.1 Å². The molecule has 0 radical (unpaired) electrons. The SMILES string of the molecule is CCNC(=O)/C(C#N)=c1\s/c(=C\c2cccc(O)c2)c(=O)n1CC. The van der Waals surface area contributed by atoms with Crippen molar-refractivity contribution >= 4 is 28.9 Å². The highest BCUT2D eigenvalue weighted by Crippen LogP contribution is 2.10. The van der Waals surface area contributed by atoms with Crippen molar-refractivity contribution in [3.63, 3.8) is 0 Å². The van der Waals surface area contributed by atoms with E-state index in [1.807, 2.05) is 6.07 Å². The summed E-state index contributed by atoms with van der Waals surface area (Å²) in [6.45, 7) is 4.29. The zero-order chi connectivity index (χ0) is 17.7. The molecule has 1 heterocycles. The Bertz CT molecular complexity index is 980. The summed E-state index contributed by atoms with van der Waals surface area (Å²) in [6, 6.07) is 8.40. The number of aromatic hydroxyl groups is 1. The van der Waals surface area contributed by atoms with Gasteiger partial charge in [0.15, 0.2) is 5.57 Å². The number of thiazole rings is 1. The first-order valence-corrected chi connectivity index (χ1v) is 8.26. The lowest BCUT2D eigenvalue weighted by molar-refractivity contribution is -0.115. The average Bonchev–Trinajstić information content (AvgIpc) is 2.84. The molecule has 7 heteroatoms. The third kappa shape index (κ3) is 3.55. The predicted molar refractivity (Wildman–Crippen MR) is 92.9 cm³/mol. The van der Waals surface area contributed by atoms with Gasteiger partial charge in [0.2, 0.25) is 0 Å². The molecule has 0 fully saturated rings. The standard InChI is InChI=1S/C17H17N3O3S/c1-3-19-15(22)13(10-18)17-20(4-2)16(23)14(24-17)9-11-6-5-7-12(21)8-11/h5-9,21H,3-4H2,1-2H3,(H,19,22)/b14-9-,17-13-. The number of nitrogens with zero attached hydrogens (tertiary/aromatic N) is 2. The Morgan fingerprint density at radius 3 is 2.79 bits per heavy atom. The van der Waals surface area contributed by atoms with E-state index >= 15 is 0 Å². The lowest BCUT2D eigenvalue weighted by Crippen LogP contribution is -2.34. The number of carbonyl (C=O) groups is 1. The fraction of sp³-hybridized carbons (Fsp3) is 0.235. The molecule has 1 aromatic carbocycles. The maximum Gasteiger partial charge on any atom is 0.269 e. The summed E-state index contributed by atoms with van der Waals surface area (Å²) in [5.41, 5.74) is 0.328. The van der Waals surface area contributed by atoms with Gasteiger partial charge >= 0.3 is 0 Å². The average molecular weight is 343 g/mol. The highest BCUT2D eigenvalue weighted by Gasteiger charge is 2.14. The number of aromatic nitrogens is 1. The van der Waals surface area contributed by atoms with Crippen LogP contribution in [0.15, 0.2) is 29.1 Å². The van der Waals surface area contributed by atoms with Crippen LogP contribution < -0.4 is 20.1 Å². The molecule has 24 heavy (non-hydrogen) atoms. The summed E-state index contributed by atoms with van der Waals surface area (Å²) in [7, 11) is 0. The Labute approximate surface area is 142 Å². The lowest BCUT2D eigenvalue weighted by atomic mass is 10.2. The maximum absolute atomic E-state index is 12.5. The molecule has 0 spiro atoms. The minimum Gasteiger partial charge on any atom is -0.508 e. The molecule has 0 bridgehead atoms. The highest BCUT2D eigenvalue weighted by atomic mass is 32.1. The Morgan fingerprint density at radius 1 is 1.46 bits per heavy atom. The molecule has 0 saturated heterocycles. The summed E-state index contributed by atoms with van der Waals surface area (Å²) in [4.78, 5) is 24.6. The summed E-state index contributed by atoms with van der Waals surface area (Å²) in [5, 5.41) is 21.4. The van der Waals surface area contributed by atoms with E-state index in [1.54, 1.807) is 32.1 Å². The van der Waals surface area contributed by atoms with E-state index in [4.69, 9.17) is 0 Å². The summed E-state index contributed by atoms with van der Waals surface area (Å²) >= 11 is 1.09. The number of nitriles is 1. The molecule has 2 rings (SSSR count). The van der Waals surface area contributed by atoms with Gasteiger partial charge in [0.1, 0.15) is 16.5 Å². The molecule has 2 N–H and O–H groups in total. The smallest absolute Gasteiger partial charge is 0.269 e. The van der Waals surface area contributed by atoms with Gasteiger partial charge < -0.3 is 10.4 Å². The van der Waals surface area contributed by atoms with E-state index in [2.05, 4.69) is 5.32 Å². The Balaban J connectivity index is 2.76. The van der Waals surface area contributed by atoms with Gasteiger partial charge in [0.05, 0.1) is 4.53 Å². The van der Waals surface area contributed by atoms with Crippen molar-refractivity contribution in [1.29, 1.82) is 5.26 Å². The third-order valence-corrected chi connectivity index (χ3v) is 4.41. The van der Waals surface area contributed by atoms with Crippen LogP contribution in [0.2, 0.25) is 0 Å². The molecule has 124 valence electrons. The van der Waals surface area contributed by atoms with Crippen LogP contribution in [0.3, 0.4) is 0 Å². The Morgan fingerprint density at radius 2 is 2.21 bits per heavy atom. The molecule has 0 aliphatic heterocycles. The molecule has 0 atom stereocenters. The van der Waals surface area contributed by atoms with E-state index in [9.17, 15) is 20.0 Å². The molecule has 1 amide bonds. The number of rotatable bonds is 4. The molecule has 6 nitrogen and oxygen atoms in total. The van der Waals surface area contributed by atoms with Crippen LogP contribution >= 0.6 is 11.3 Å². The van der Waals surface area contributed by atoms with Crippen molar-refractivity contribution < 1.29 is 9.90 Å². The third-order valence-electron chi connectivity index (χ3n) is 3.28. The fourth-order valence-corrected chi connectivity index (χ4v) is 3.37. The zero-order valence-corrected chi connectivity index (χ0v) is 14.2. The van der Waals surface area contributed by atoms with Gasteiger partial charge in [0.25, 0.3) is 11.5 Å². The second kappa shape index (κ2) is 7.62. The lowest BCUT2D eigenvalue weighted by Gasteiger charge is -2.00. The van der Waals surface area contributed by atoms with Crippen molar-refractivity contribution in [2.45, 2.75) is 20.4 Å². The second-order valence-corrected chi connectivity index (χ2v) is 5.94. The second-order valence-electron chi connectivity index (χ2n) is 4.91. The van der Waals surface area contributed by atoms with Gasteiger partial charge in [-0.25, -0.2) is 0 Å². The van der Waals surface area contributed by atoms with Crippen LogP contribution in [0, 0.1) is 11.3 Å². The van der Waals surface area contributed by atoms with Crippen LogP contribution in [-0.4, -0.2) is 22.1 Å². The molecule has 0 unspecified atom stereocenters. The number of nitrogens with one attached hydrogen (secondary N) is 1. The van der Waals surface area contributed by atoms with E-state index in [0.717, 1.165) is 11.3 Å². The van der Waals surface area contributed by atoms with Crippen LogP contribution in [0.5, 0.6) is 5.75 Å². The number of benzene rings is 1. The Hall–Kier alpha value is -2.85. The van der Waals surface area contributed by atoms with E-state index in [-0.39, 0.29) is 16.9 Å². The highest BCUT2D eigenvalue weighted by molar-refractivity contribution is 7.07. The van der Waals surface area contributed by atoms with Gasteiger partial charge in [-0.3, -0.25) is 14.2 Å². The molecular weight excluding hydrogens is 326 g/mol. The maximum atomic E-state index is 12.5. The van der Waals surface area contributed by atoms with E-state index in [0.29, 0.717) is 27.8 Å². The van der Waals surface area contributed by atoms with E-state index in [1.165, 1.54) is 16.7 Å². The van der Waals surface area contributed by atoms with Gasteiger partial charge in [-0.1, -0.05) is 12.1 Å². The number of phenolic OH excluding ortho intramolecular Hbond substituents is 1. The minimum atomic E-state index is -0.493. The molecular formula is C17H17N3O3S. The van der Waals surface area contributed by atoms with Gasteiger partial charge in [-0.2, -0.15) is 5.26 Å². The quantitative estimate of drug-likeness (QED) is 0.833. The van der Waals surface area contributed by atoms with Crippen LogP contribution in [-0.2, 0) is 11.3 Å². The van der Waals surface area contributed by atoms with E-state index < -0.39 is 5.91 Å². The number of hydrogen-bond acceptors (Lipinski definition) is 5. The molecule has 2 aromatic rings. The van der Waals surface area contributed by atoms with Gasteiger partial charge in [-0.15, -0.1) is 11.3 Å². The van der Waals surface area contributed by atoms with Crippen molar-refractivity contribution in [2.24, 2.45) is 0 Å². The van der Waals surface area contributed by atoms with Crippen LogP contribution in [0.25, 0.3) is 11.6 Å². The van der Waals surface area contributed by atoms with Crippen molar-refractivity contribution in [1.82, 2.24) is 9.88 Å². The fourth-order valence-electron chi connectivity index (χ4n) is 2.20. The summed E-state index contributed by atoms with van der Waals surface area (Å²) in [5.74, 6) is -0.393. The topological polar surface area (TPSA) is 95.1 Å². The first kappa shape index (κ1) is 17.5. The predicted octanol–water partition coefficient (Wildman–Crippen LogP) is 0.274. The summed E-state index contributed by atoms with van der Waals surface area (Å²) < 4.78 is 2.14. The number of carbonyl (C=O) groups excluding carboxylic acids is 1. The molecule has 0 aliphatic rings. The van der Waals surface area contributed by atoms with Crippen molar-refractivity contribution in [3.05, 3.63) is 49.4 Å². The Kier molecular flexibility index (Phi) is 5.55. The first-order valence-electron chi connectivity index (χ1n) is 7.44. The molecule has 0 aliphatic carbocycles. The number of hydrogen-bond donors (Lipinski definition) is 2.